The smallest absolute Gasteiger partial charge is 0.330 e. The van der Waals surface area contributed by atoms with Gasteiger partial charge in [0.25, 0.3) is 0 Å². The summed E-state index contributed by atoms with van der Waals surface area (Å²) in [7, 11) is 0. The highest BCUT2D eigenvalue weighted by Gasteiger charge is 1.85. The average Bonchev–Trinajstić information content (AvgIpc) is 2.23. The molecule has 7 N–H and O–H groups in total. The summed E-state index contributed by atoms with van der Waals surface area (Å²) in [6.07, 6.45) is 4.79. The van der Waals surface area contributed by atoms with E-state index in [2.05, 4.69) is 0 Å². The third-order valence-electron chi connectivity index (χ3n) is 1.84. The van der Waals surface area contributed by atoms with E-state index in [-0.39, 0.29) is 0 Å². The highest BCUT2D eigenvalue weighted by atomic mass is 16.2. The number of hydrogen-bond acceptors (Lipinski definition) is 5. The van der Waals surface area contributed by atoms with E-state index >= 15 is 0 Å². The first kappa shape index (κ1) is 15.3. The molecule has 0 atom stereocenters. The molecule has 98 valence electrons. The molecule has 0 saturated heterocycles. The Bertz CT molecular complexity index is 362. The molecule has 0 aliphatic heterocycles. The minimum absolute atomic E-state index is 0.802. The van der Waals surface area contributed by atoms with Crippen LogP contribution in [0.15, 0.2) is 14.4 Å². The van der Waals surface area contributed by atoms with E-state index in [9.17, 15) is 14.4 Å². The van der Waals surface area contributed by atoms with Crippen LogP contribution in [0.25, 0.3) is 0 Å². The fourth-order valence-corrected chi connectivity index (χ4v) is 1.05. The van der Waals surface area contributed by atoms with Crippen LogP contribution in [0, 0.1) is 0 Å². The Morgan fingerprint density at radius 1 is 0.647 bits per heavy atom. The molecule has 0 saturated carbocycles. The molecule has 1 aromatic heterocycles. The van der Waals surface area contributed by atoms with Crippen LogP contribution in [-0.4, -0.2) is 28.0 Å². The second kappa shape index (κ2) is 9.55. The van der Waals surface area contributed by atoms with Gasteiger partial charge in [0.1, 0.15) is 0 Å². The molecule has 0 unspecified atom stereocenters. The molecule has 1 rings (SSSR count). The van der Waals surface area contributed by atoms with Gasteiger partial charge >= 0.3 is 17.1 Å². The van der Waals surface area contributed by atoms with Crippen molar-refractivity contribution >= 4 is 0 Å². The zero-order valence-corrected chi connectivity index (χ0v) is 9.62. The van der Waals surface area contributed by atoms with Gasteiger partial charge in [0, 0.05) is 0 Å². The zero-order chi connectivity index (χ0) is 13.1. The van der Waals surface area contributed by atoms with E-state index in [1.807, 2.05) is 0 Å². The van der Waals surface area contributed by atoms with Gasteiger partial charge in [-0.25, -0.2) is 14.4 Å². The van der Waals surface area contributed by atoms with Crippen molar-refractivity contribution in [3.8, 4) is 0 Å². The molecule has 17 heavy (non-hydrogen) atoms. The maximum Gasteiger partial charge on any atom is 0.330 e. The molecule has 1 aromatic rings. The zero-order valence-electron chi connectivity index (χ0n) is 9.62. The predicted octanol–water partition coefficient (Wildman–Crippen LogP) is -1.78. The minimum atomic E-state index is -0.802. The maximum absolute atomic E-state index is 10.2. The maximum atomic E-state index is 10.2. The molecule has 0 aromatic carbocycles. The Balaban J connectivity index is 0.000000304. The molecule has 1 heterocycles. The first-order valence-electron chi connectivity index (χ1n) is 5.43. The largest absolute Gasteiger partial charge is 0.330 e. The number of nitrogens with one attached hydrogen (secondary N) is 3. The summed E-state index contributed by atoms with van der Waals surface area (Å²) in [5, 5.41) is 0. The second-order valence-electron chi connectivity index (χ2n) is 3.35. The van der Waals surface area contributed by atoms with Crippen molar-refractivity contribution in [3.63, 3.8) is 0 Å². The topological polar surface area (TPSA) is 151 Å². The Labute approximate surface area is 97.5 Å². The third-order valence-corrected chi connectivity index (χ3v) is 1.84. The van der Waals surface area contributed by atoms with Crippen LogP contribution in [0.2, 0.25) is 0 Å². The van der Waals surface area contributed by atoms with E-state index in [4.69, 9.17) is 11.5 Å². The van der Waals surface area contributed by atoms with E-state index in [1.54, 1.807) is 15.0 Å². The van der Waals surface area contributed by atoms with Crippen LogP contribution in [0.4, 0.5) is 0 Å². The normalized spacial score (nSPS) is 9.53. The van der Waals surface area contributed by atoms with Gasteiger partial charge in [-0.1, -0.05) is 12.8 Å². The van der Waals surface area contributed by atoms with E-state index in [0.717, 1.165) is 25.9 Å². The molecule has 0 radical (unpaired) electrons. The Kier molecular flexibility index (Phi) is 8.61. The van der Waals surface area contributed by atoms with E-state index in [1.165, 1.54) is 12.8 Å². The van der Waals surface area contributed by atoms with Crippen molar-refractivity contribution in [2.75, 3.05) is 13.1 Å². The number of aromatic amines is 3. The van der Waals surface area contributed by atoms with Gasteiger partial charge in [-0.2, -0.15) is 0 Å². The predicted molar refractivity (Wildman–Crippen MR) is 64.9 cm³/mol. The lowest BCUT2D eigenvalue weighted by Crippen LogP contribution is -2.34. The van der Waals surface area contributed by atoms with Gasteiger partial charge in [0.2, 0.25) is 0 Å². The van der Waals surface area contributed by atoms with Gasteiger partial charge < -0.3 is 11.5 Å². The Morgan fingerprint density at radius 3 is 1.18 bits per heavy atom. The summed E-state index contributed by atoms with van der Waals surface area (Å²) < 4.78 is 0. The van der Waals surface area contributed by atoms with Crippen molar-refractivity contribution < 1.29 is 0 Å². The summed E-state index contributed by atoms with van der Waals surface area (Å²) >= 11 is 0. The van der Waals surface area contributed by atoms with Crippen LogP contribution >= 0.6 is 0 Å². The first-order valence-corrected chi connectivity index (χ1v) is 5.43. The molecule has 0 spiro atoms. The van der Waals surface area contributed by atoms with Crippen molar-refractivity contribution in [2.24, 2.45) is 11.5 Å². The number of hydrogen-bond donors (Lipinski definition) is 5. The summed E-state index contributed by atoms with van der Waals surface area (Å²) in [4.78, 5) is 35.9. The molecule has 8 nitrogen and oxygen atoms in total. The molecule has 0 aliphatic carbocycles. The minimum Gasteiger partial charge on any atom is -0.330 e. The molecule has 0 amide bonds. The SMILES string of the molecule is NCCCCCCN.O=c1[nH]c(=O)[nH]c(=O)[nH]1. The second-order valence-corrected chi connectivity index (χ2v) is 3.35. The fraction of sp³-hybridized carbons (Fsp3) is 0.667. The fourth-order valence-electron chi connectivity index (χ4n) is 1.05. The number of H-pyrrole nitrogens is 3. The van der Waals surface area contributed by atoms with E-state index in [0.29, 0.717) is 0 Å². The summed E-state index contributed by atoms with van der Waals surface area (Å²) in [6, 6.07) is 0. The van der Waals surface area contributed by atoms with Crippen LogP contribution in [-0.2, 0) is 0 Å². The Morgan fingerprint density at radius 2 is 0.941 bits per heavy atom. The quantitative estimate of drug-likeness (QED) is 0.388. The Hall–Kier alpha value is -1.67. The number of aromatic nitrogens is 3. The van der Waals surface area contributed by atoms with Crippen LogP contribution in [0.1, 0.15) is 25.7 Å². The first-order chi connectivity index (χ1) is 8.10. The van der Waals surface area contributed by atoms with E-state index < -0.39 is 17.1 Å². The van der Waals surface area contributed by atoms with Crippen molar-refractivity contribution in [1.29, 1.82) is 0 Å². The van der Waals surface area contributed by atoms with Crippen molar-refractivity contribution in [2.45, 2.75) is 25.7 Å². The molecular weight excluding hydrogens is 226 g/mol. The van der Waals surface area contributed by atoms with Gasteiger partial charge in [-0.05, 0) is 25.9 Å². The number of nitrogens with two attached hydrogens (primary N) is 2. The van der Waals surface area contributed by atoms with Gasteiger partial charge in [-0.15, -0.1) is 0 Å². The highest BCUT2D eigenvalue weighted by Crippen LogP contribution is 1.95. The molecular formula is C9H19N5O3. The number of unbranched alkanes of at least 4 members (excludes halogenated alkanes) is 3. The molecule has 0 aliphatic rings. The van der Waals surface area contributed by atoms with Crippen LogP contribution in [0.3, 0.4) is 0 Å². The summed E-state index contributed by atoms with van der Waals surface area (Å²) in [5.74, 6) is 0. The summed E-state index contributed by atoms with van der Waals surface area (Å²) in [6.45, 7) is 1.65. The molecule has 8 heteroatoms. The van der Waals surface area contributed by atoms with Crippen molar-refractivity contribution in [1.82, 2.24) is 15.0 Å². The molecule has 0 bridgehead atoms. The summed E-state index contributed by atoms with van der Waals surface area (Å²) in [5.41, 5.74) is 8.15. The van der Waals surface area contributed by atoms with Crippen LogP contribution < -0.4 is 28.5 Å². The van der Waals surface area contributed by atoms with Gasteiger partial charge in [0.05, 0.1) is 0 Å². The molecule has 0 fully saturated rings. The standard InChI is InChI=1S/C6H16N2.C3H3N3O3/c7-5-3-1-2-4-6-8;7-1-4-2(8)6-3(9)5-1/h1-8H2;(H3,4,5,6,7,8,9). The highest BCUT2D eigenvalue weighted by molar-refractivity contribution is 4.60. The lowest BCUT2D eigenvalue weighted by molar-refractivity contribution is 0.653. The number of rotatable bonds is 5. The van der Waals surface area contributed by atoms with Crippen LogP contribution in [0.5, 0.6) is 0 Å². The third kappa shape index (κ3) is 9.27. The van der Waals surface area contributed by atoms with Gasteiger partial charge in [0.15, 0.2) is 0 Å². The lowest BCUT2D eigenvalue weighted by atomic mass is 10.2. The van der Waals surface area contributed by atoms with Crippen molar-refractivity contribution in [3.05, 3.63) is 31.5 Å². The average molecular weight is 245 g/mol. The van der Waals surface area contributed by atoms with Gasteiger partial charge in [-0.3, -0.25) is 15.0 Å². The lowest BCUT2D eigenvalue weighted by Gasteiger charge is -1.94. The monoisotopic (exact) mass is 245 g/mol.